The smallest absolute Gasteiger partial charge is 0.124 e. The molecule has 0 bridgehead atoms. The molecule has 112 valence electrons. The Morgan fingerprint density at radius 1 is 1.14 bits per heavy atom. The molecule has 3 nitrogen and oxygen atoms in total. The van der Waals surface area contributed by atoms with Crippen molar-refractivity contribution in [2.75, 3.05) is 13.2 Å². The van der Waals surface area contributed by atoms with Crippen molar-refractivity contribution in [3.05, 3.63) is 64.2 Å². The van der Waals surface area contributed by atoms with Gasteiger partial charge in [-0.05, 0) is 30.7 Å². The van der Waals surface area contributed by atoms with E-state index in [-0.39, 0.29) is 6.61 Å². The van der Waals surface area contributed by atoms with Crippen LogP contribution in [0.3, 0.4) is 0 Å². The number of hydrogen-bond acceptors (Lipinski definition) is 3. The molecule has 0 heterocycles. The van der Waals surface area contributed by atoms with Gasteiger partial charge in [0, 0.05) is 23.7 Å². The van der Waals surface area contributed by atoms with Crippen LogP contribution >= 0.6 is 11.6 Å². The van der Waals surface area contributed by atoms with Crippen LogP contribution in [0.25, 0.3) is 0 Å². The van der Waals surface area contributed by atoms with Crippen molar-refractivity contribution in [2.45, 2.75) is 20.1 Å². The van der Waals surface area contributed by atoms with E-state index in [0.29, 0.717) is 24.7 Å². The standard InChI is InChI=1S/C17H20ClNO2/c1-13-2-4-14(5-3-13)12-21-17-7-6-16(18)10-15(17)11-19-8-9-20/h2-7,10,19-20H,8-9,11-12H2,1H3. The summed E-state index contributed by atoms with van der Waals surface area (Å²) >= 11 is 6.03. The number of hydrogen-bond donors (Lipinski definition) is 2. The summed E-state index contributed by atoms with van der Waals surface area (Å²) in [7, 11) is 0. The highest BCUT2D eigenvalue weighted by atomic mass is 35.5. The van der Waals surface area contributed by atoms with E-state index in [4.69, 9.17) is 21.4 Å². The zero-order chi connectivity index (χ0) is 15.1. The van der Waals surface area contributed by atoms with Crippen LogP contribution in [0.1, 0.15) is 16.7 Å². The molecule has 0 aromatic heterocycles. The molecule has 2 aromatic rings. The van der Waals surface area contributed by atoms with Crippen molar-refractivity contribution in [1.29, 1.82) is 0 Å². The summed E-state index contributed by atoms with van der Waals surface area (Å²) in [5.41, 5.74) is 3.35. The van der Waals surface area contributed by atoms with Gasteiger partial charge in [0.15, 0.2) is 0 Å². The molecule has 0 fully saturated rings. The third-order valence-electron chi connectivity index (χ3n) is 3.14. The second-order valence-electron chi connectivity index (χ2n) is 4.93. The third-order valence-corrected chi connectivity index (χ3v) is 3.38. The van der Waals surface area contributed by atoms with Gasteiger partial charge in [-0.15, -0.1) is 0 Å². The van der Waals surface area contributed by atoms with Crippen molar-refractivity contribution in [3.63, 3.8) is 0 Å². The van der Waals surface area contributed by atoms with E-state index in [9.17, 15) is 0 Å². The molecule has 0 aliphatic carbocycles. The molecule has 0 spiro atoms. The fourth-order valence-corrected chi connectivity index (χ4v) is 2.17. The highest BCUT2D eigenvalue weighted by molar-refractivity contribution is 6.30. The Bertz CT molecular complexity index is 570. The Kier molecular flexibility index (Phi) is 6.05. The fraction of sp³-hybridized carbons (Fsp3) is 0.294. The van der Waals surface area contributed by atoms with Gasteiger partial charge in [0.05, 0.1) is 6.61 Å². The monoisotopic (exact) mass is 305 g/mol. The van der Waals surface area contributed by atoms with Gasteiger partial charge in [0.1, 0.15) is 12.4 Å². The average Bonchev–Trinajstić information content (AvgIpc) is 2.48. The lowest BCUT2D eigenvalue weighted by molar-refractivity contribution is 0.288. The largest absolute Gasteiger partial charge is 0.489 e. The highest BCUT2D eigenvalue weighted by Crippen LogP contribution is 2.24. The number of aliphatic hydroxyl groups excluding tert-OH is 1. The van der Waals surface area contributed by atoms with E-state index in [2.05, 4.69) is 36.5 Å². The summed E-state index contributed by atoms with van der Waals surface area (Å²) < 4.78 is 5.89. The molecule has 4 heteroatoms. The Balaban J connectivity index is 2.02. The molecule has 2 rings (SSSR count). The summed E-state index contributed by atoms with van der Waals surface area (Å²) in [6.07, 6.45) is 0. The molecule has 0 unspecified atom stereocenters. The zero-order valence-corrected chi connectivity index (χ0v) is 12.9. The van der Waals surface area contributed by atoms with E-state index in [1.165, 1.54) is 5.56 Å². The number of aliphatic hydroxyl groups is 1. The quantitative estimate of drug-likeness (QED) is 0.771. The minimum Gasteiger partial charge on any atom is -0.489 e. The molecule has 0 saturated carbocycles. The van der Waals surface area contributed by atoms with Gasteiger partial charge in [-0.1, -0.05) is 41.4 Å². The van der Waals surface area contributed by atoms with Crippen LogP contribution < -0.4 is 10.1 Å². The number of nitrogens with one attached hydrogen (secondary N) is 1. The van der Waals surface area contributed by atoms with Gasteiger partial charge in [-0.2, -0.15) is 0 Å². The number of ether oxygens (including phenoxy) is 1. The summed E-state index contributed by atoms with van der Waals surface area (Å²) in [5.74, 6) is 0.811. The van der Waals surface area contributed by atoms with E-state index < -0.39 is 0 Å². The summed E-state index contributed by atoms with van der Waals surface area (Å²) in [4.78, 5) is 0. The van der Waals surface area contributed by atoms with Crippen LogP contribution in [0.15, 0.2) is 42.5 Å². The molecule has 0 radical (unpaired) electrons. The first kappa shape index (κ1) is 15.8. The first-order valence-electron chi connectivity index (χ1n) is 6.97. The molecule has 21 heavy (non-hydrogen) atoms. The van der Waals surface area contributed by atoms with Gasteiger partial charge in [-0.3, -0.25) is 0 Å². The van der Waals surface area contributed by atoms with Crippen molar-refractivity contribution < 1.29 is 9.84 Å². The summed E-state index contributed by atoms with van der Waals surface area (Å²) in [6, 6.07) is 13.9. The minimum absolute atomic E-state index is 0.111. The minimum atomic E-state index is 0.111. The predicted molar refractivity (Wildman–Crippen MR) is 85.8 cm³/mol. The molecular weight excluding hydrogens is 286 g/mol. The highest BCUT2D eigenvalue weighted by Gasteiger charge is 2.05. The average molecular weight is 306 g/mol. The van der Waals surface area contributed by atoms with Crippen molar-refractivity contribution in [1.82, 2.24) is 5.32 Å². The molecule has 2 aromatic carbocycles. The van der Waals surface area contributed by atoms with Crippen LogP contribution in [-0.4, -0.2) is 18.3 Å². The lowest BCUT2D eigenvalue weighted by Gasteiger charge is -2.13. The third kappa shape index (κ3) is 5.05. The van der Waals surface area contributed by atoms with Crippen molar-refractivity contribution in [3.8, 4) is 5.75 Å². The number of rotatable bonds is 7. The fourth-order valence-electron chi connectivity index (χ4n) is 1.97. The van der Waals surface area contributed by atoms with Gasteiger partial charge in [-0.25, -0.2) is 0 Å². The maximum Gasteiger partial charge on any atom is 0.124 e. The van der Waals surface area contributed by atoms with Crippen molar-refractivity contribution >= 4 is 11.6 Å². The van der Waals surface area contributed by atoms with E-state index in [1.807, 2.05) is 18.2 Å². The van der Waals surface area contributed by atoms with E-state index >= 15 is 0 Å². The molecule has 0 atom stereocenters. The first-order chi connectivity index (χ1) is 10.2. The molecule has 0 saturated heterocycles. The molecule has 0 aliphatic rings. The Morgan fingerprint density at radius 3 is 2.62 bits per heavy atom. The van der Waals surface area contributed by atoms with Crippen molar-refractivity contribution in [2.24, 2.45) is 0 Å². The first-order valence-corrected chi connectivity index (χ1v) is 7.35. The van der Waals surface area contributed by atoms with Crippen LogP contribution in [0.4, 0.5) is 0 Å². The zero-order valence-electron chi connectivity index (χ0n) is 12.1. The maximum atomic E-state index is 8.82. The lowest BCUT2D eigenvalue weighted by Crippen LogP contribution is -2.18. The molecule has 0 aliphatic heterocycles. The lowest BCUT2D eigenvalue weighted by atomic mass is 10.1. The van der Waals surface area contributed by atoms with Crippen LogP contribution in [0.5, 0.6) is 5.75 Å². The van der Waals surface area contributed by atoms with Crippen LogP contribution in [-0.2, 0) is 13.2 Å². The van der Waals surface area contributed by atoms with E-state index in [0.717, 1.165) is 16.9 Å². The second-order valence-corrected chi connectivity index (χ2v) is 5.36. The Hall–Kier alpha value is -1.55. The summed E-state index contributed by atoms with van der Waals surface area (Å²) in [5, 5.41) is 12.6. The number of halogens is 1. The number of aryl methyl sites for hydroxylation is 1. The van der Waals surface area contributed by atoms with Crippen LogP contribution in [0.2, 0.25) is 5.02 Å². The molecule has 0 amide bonds. The second kappa shape index (κ2) is 8.03. The summed E-state index contributed by atoms with van der Waals surface area (Å²) in [6.45, 7) is 3.86. The predicted octanol–water partition coefficient (Wildman–Crippen LogP) is 3.31. The van der Waals surface area contributed by atoms with Gasteiger partial charge < -0.3 is 15.2 Å². The van der Waals surface area contributed by atoms with Gasteiger partial charge in [0.2, 0.25) is 0 Å². The molecule has 2 N–H and O–H groups in total. The number of benzene rings is 2. The maximum absolute atomic E-state index is 8.82. The van der Waals surface area contributed by atoms with Gasteiger partial charge in [0.25, 0.3) is 0 Å². The Morgan fingerprint density at radius 2 is 1.90 bits per heavy atom. The molecular formula is C17H20ClNO2. The topological polar surface area (TPSA) is 41.5 Å². The van der Waals surface area contributed by atoms with E-state index in [1.54, 1.807) is 0 Å². The normalized spacial score (nSPS) is 10.6. The van der Waals surface area contributed by atoms with Gasteiger partial charge >= 0.3 is 0 Å². The van der Waals surface area contributed by atoms with Crippen LogP contribution in [0, 0.1) is 6.92 Å². The SMILES string of the molecule is Cc1ccc(COc2ccc(Cl)cc2CNCCO)cc1. The Labute approximate surface area is 130 Å².